The molecule has 9 nitrogen and oxygen atoms in total. The van der Waals surface area contributed by atoms with Gasteiger partial charge < -0.3 is 18.9 Å². The molecule has 0 saturated carbocycles. The van der Waals surface area contributed by atoms with Gasteiger partial charge in [0.2, 0.25) is 0 Å². The third-order valence-electron chi connectivity index (χ3n) is 12.2. The maximum Gasteiger partial charge on any atom is 0.472 e. The lowest BCUT2D eigenvalue weighted by molar-refractivity contribution is -0.870. The highest BCUT2D eigenvalue weighted by molar-refractivity contribution is 7.47. The van der Waals surface area contributed by atoms with Crippen LogP contribution < -0.4 is 0 Å². The van der Waals surface area contributed by atoms with E-state index < -0.39 is 26.5 Å². The van der Waals surface area contributed by atoms with Crippen LogP contribution in [-0.4, -0.2) is 74.9 Å². The molecular weight excluding hydrogens is 906 g/mol. The van der Waals surface area contributed by atoms with Gasteiger partial charge in [-0.3, -0.25) is 18.6 Å². The van der Waals surface area contributed by atoms with Crippen LogP contribution in [0, 0.1) is 0 Å². The average Bonchev–Trinajstić information content (AvgIpc) is 3.33. The van der Waals surface area contributed by atoms with E-state index in [1.54, 1.807) is 0 Å². The van der Waals surface area contributed by atoms with Crippen LogP contribution in [0.15, 0.2) is 85.1 Å². The summed E-state index contributed by atoms with van der Waals surface area (Å²) in [7, 11) is 1.44. The van der Waals surface area contributed by atoms with E-state index in [0.717, 1.165) is 64.2 Å². The number of hydrogen-bond acceptors (Lipinski definition) is 7. The minimum Gasteiger partial charge on any atom is -0.462 e. The van der Waals surface area contributed by atoms with Crippen molar-refractivity contribution in [3.05, 3.63) is 85.1 Å². The number of nitrogens with zero attached hydrogens (tertiary/aromatic N) is 1. The second kappa shape index (κ2) is 52.1. The van der Waals surface area contributed by atoms with Crippen molar-refractivity contribution in [2.24, 2.45) is 0 Å². The molecule has 0 heterocycles. The smallest absolute Gasteiger partial charge is 0.462 e. The van der Waals surface area contributed by atoms with Gasteiger partial charge in [-0.1, -0.05) is 247 Å². The molecule has 0 aliphatic rings. The van der Waals surface area contributed by atoms with Gasteiger partial charge in [-0.2, -0.15) is 0 Å². The van der Waals surface area contributed by atoms with E-state index >= 15 is 0 Å². The molecule has 0 aliphatic heterocycles. The van der Waals surface area contributed by atoms with Crippen molar-refractivity contribution >= 4 is 19.8 Å². The Kier molecular flexibility index (Phi) is 50.0. The van der Waals surface area contributed by atoms with Crippen molar-refractivity contribution < 1.29 is 42.1 Å². The normalized spacial score (nSPS) is 13.9. The Morgan fingerprint density at radius 3 is 1.18 bits per heavy atom. The zero-order valence-electron chi connectivity index (χ0n) is 46.4. The van der Waals surface area contributed by atoms with Crippen LogP contribution in [0.5, 0.6) is 0 Å². The Labute approximate surface area is 437 Å². The van der Waals surface area contributed by atoms with E-state index in [-0.39, 0.29) is 32.0 Å². The Hall–Kier alpha value is -2.81. The first-order valence-corrected chi connectivity index (χ1v) is 30.3. The molecule has 410 valence electrons. The molecule has 0 aliphatic carbocycles. The minimum atomic E-state index is -4.41. The highest BCUT2D eigenvalue weighted by Crippen LogP contribution is 2.43. The van der Waals surface area contributed by atoms with Crippen LogP contribution in [0.1, 0.15) is 239 Å². The molecule has 0 spiro atoms. The summed E-state index contributed by atoms with van der Waals surface area (Å²) in [5.41, 5.74) is 0. The number of quaternary nitrogens is 1. The number of ether oxygens (including phenoxy) is 2. The summed E-state index contributed by atoms with van der Waals surface area (Å²) in [5, 5.41) is 0. The number of phosphoric ester groups is 1. The van der Waals surface area contributed by atoms with Gasteiger partial charge in [-0.25, -0.2) is 4.57 Å². The van der Waals surface area contributed by atoms with Crippen molar-refractivity contribution in [3.8, 4) is 0 Å². The minimum absolute atomic E-state index is 0.0178. The van der Waals surface area contributed by atoms with Crippen molar-refractivity contribution in [2.75, 3.05) is 47.5 Å². The van der Waals surface area contributed by atoms with Crippen molar-refractivity contribution in [1.29, 1.82) is 0 Å². The summed E-state index contributed by atoms with van der Waals surface area (Å²) in [5.74, 6) is -0.864. The quantitative estimate of drug-likeness (QED) is 0.0211. The van der Waals surface area contributed by atoms with Crippen LogP contribution in [0.25, 0.3) is 0 Å². The second-order valence-electron chi connectivity index (χ2n) is 20.3. The first-order chi connectivity index (χ1) is 34.5. The highest BCUT2D eigenvalue weighted by atomic mass is 31.2. The zero-order valence-corrected chi connectivity index (χ0v) is 47.3. The predicted molar refractivity (Wildman–Crippen MR) is 302 cm³/mol. The van der Waals surface area contributed by atoms with Crippen LogP contribution in [0.3, 0.4) is 0 Å². The molecule has 0 aromatic rings. The summed E-state index contributed by atoms with van der Waals surface area (Å²) < 4.78 is 34.5. The maximum atomic E-state index is 12.8. The average molecular weight is 1020 g/mol. The number of likely N-dealkylation sites (N-methyl/N-ethyl adjacent to an activating group) is 1. The second-order valence-corrected chi connectivity index (χ2v) is 21.8. The molecule has 0 rings (SSSR count). The third-order valence-corrected chi connectivity index (χ3v) is 13.2. The molecule has 0 aromatic carbocycles. The number of esters is 2. The fourth-order valence-corrected chi connectivity index (χ4v) is 8.51. The lowest BCUT2D eigenvalue weighted by Gasteiger charge is -2.24. The van der Waals surface area contributed by atoms with E-state index in [4.69, 9.17) is 18.5 Å². The molecule has 0 fully saturated rings. The summed E-state index contributed by atoms with van der Waals surface area (Å²) >= 11 is 0. The number of allylic oxidation sites excluding steroid dienone is 14. The Morgan fingerprint density at radius 1 is 0.451 bits per heavy atom. The number of carbonyl (C=O) groups is 2. The van der Waals surface area contributed by atoms with Crippen LogP contribution >= 0.6 is 7.82 Å². The summed E-state index contributed by atoms with van der Waals surface area (Å²) in [4.78, 5) is 35.6. The third kappa shape index (κ3) is 56.3. The van der Waals surface area contributed by atoms with Gasteiger partial charge in [0.1, 0.15) is 19.8 Å². The van der Waals surface area contributed by atoms with Crippen LogP contribution in [0.4, 0.5) is 0 Å². The molecule has 2 atom stereocenters. The van der Waals surface area contributed by atoms with Gasteiger partial charge in [0.25, 0.3) is 0 Å². The zero-order chi connectivity index (χ0) is 52.0. The molecule has 2 unspecified atom stereocenters. The molecular formula is C61H109NO8P+. The summed E-state index contributed by atoms with van der Waals surface area (Å²) in [6, 6.07) is 0. The SMILES string of the molecule is CC/C=C\C/C=C\C/C=C\C/C=C\C/C=C\C/C=C\C/C=C\CCCC(=O)OC(COC(=O)CCCCCCCCCCCCCCCCCCCCCCCCCC)COP(=O)(O)OCC[N+](C)(C)C. The van der Waals surface area contributed by atoms with Crippen LogP contribution in [-0.2, 0) is 32.7 Å². The van der Waals surface area contributed by atoms with Crippen molar-refractivity contribution in [3.63, 3.8) is 0 Å². The fraction of sp³-hybridized carbons (Fsp3) is 0.738. The molecule has 0 saturated heterocycles. The van der Waals surface area contributed by atoms with Gasteiger partial charge in [0.05, 0.1) is 27.7 Å². The van der Waals surface area contributed by atoms with Gasteiger partial charge in [-0.15, -0.1) is 0 Å². The highest BCUT2D eigenvalue weighted by Gasteiger charge is 2.27. The standard InChI is InChI=1S/C61H108NO8P/c1-6-8-10-12-14-16-18-20-22-24-26-28-30-32-33-35-37-39-41-43-45-47-49-51-53-60(63)67-57-59(58-69-71(65,66)68-56-55-62(3,4)5)70-61(64)54-52-50-48-46-44-42-40-38-36-34-31-29-27-25-23-21-19-17-15-13-11-9-7-2/h9,11,15,17,21,23,27,29,34,36,40,42,46,48,59H,6-8,10,12-14,16,18-20,22,24-26,28,30-33,35,37-39,41,43-45,47,49-58H2,1-5H3/p+1/b11-9-,17-15-,23-21-,29-27-,36-34-,42-40-,48-46-. The molecule has 0 bridgehead atoms. The van der Waals surface area contributed by atoms with E-state index in [2.05, 4.69) is 98.9 Å². The van der Waals surface area contributed by atoms with Crippen molar-refractivity contribution in [2.45, 2.75) is 245 Å². The molecule has 10 heteroatoms. The number of unbranched alkanes of at least 4 members (excludes halogenated alkanes) is 24. The fourth-order valence-electron chi connectivity index (χ4n) is 7.77. The number of carbonyl (C=O) groups excluding carboxylic acids is 2. The predicted octanol–water partition coefficient (Wildman–Crippen LogP) is 17.9. The van der Waals surface area contributed by atoms with E-state index in [1.807, 2.05) is 21.1 Å². The van der Waals surface area contributed by atoms with Crippen molar-refractivity contribution in [1.82, 2.24) is 0 Å². The maximum absolute atomic E-state index is 12.8. The first-order valence-electron chi connectivity index (χ1n) is 28.8. The summed E-state index contributed by atoms with van der Waals surface area (Å²) in [6.45, 7) is 4.27. The van der Waals surface area contributed by atoms with E-state index in [9.17, 15) is 19.0 Å². The molecule has 1 N–H and O–H groups in total. The number of rotatable bonds is 52. The Balaban J connectivity index is 4.26. The topological polar surface area (TPSA) is 108 Å². The lowest BCUT2D eigenvalue weighted by atomic mass is 10.0. The molecule has 0 radical (unpaired) electrons. The Bertz CT molecular complexity index is 1470. The van der Waals surface area contributed by atoms with Gasteiger partial charge in [0.15, 0.2) is 6.10 Å². The number of hydrogen-bond donors (Lipinski definition) is 1. The lowest BCUT2D eigenvalue weighted by Crippen LogP contribution is -2.37. The molecule has 0 amide bonds. The monoisotopic (exact) mass is 1010 g/mol. The Morgan fingerprint density at radius 2 is 0.803 bits per heavy atom. The van der Waals surface area contributed by atoms with E-state index in [1.165, 1.54) is 135 Å². The number of phosphoric acid groups is 1. The largest absolute Gasteiger partial charge is 0.472 e. The molecule has 71 heavy (non-hydrogen) atoms. The van der Waals surface area contributed by atoms with Gasteiger partial charge in [-0.05, 0) is 64.2 Å². The summed E-state index contributed by atoms with van der Waals surface area (Å²) in [6.07, 6.45) is 69.5. The van der Waals surface area contributed by atoms with Gasteiger partial charge >= 0.3 is 19.8 Å². The molecule has 0 aromatic heterocycles. The first kappa shape index (κ1) is 68.2. The van der Waals surface area contributed by atoms with E-state index in [0.29, 0.717) is 23.9 Å². The van der Waals surface area contributed by atoms with Crippen LogP contribution in [0.2, 0.25) is 0 Å². The van der Waals surface area contributed by atoms with Gasteiger partial charge in [0, 0.05) is 12.8 Å².